The molecule has 2 aromatic carbocycles. The van der Waals surface area contributed by atoms with E-state index in [1.807, 2.05) is 19.9 Å². The normalized spacial score (nSPS) is 10.3. The predicted octanol–water partition coefficient (Wildman–Crippen LogP) is 2.86. The fourth-order valence-corrected chi connectivity index (χ4v) is 2.36. The molecule has 2 aromatic rings. The second-order valence-corrected chi connectivity index (χ2v) is 5.96. The summed E-state index contributed by atoms with van der Waals surface area (Å²) in [6.07, 6.45) is -0.0205. The molecule has 2 N–H and O–H groups in total. The molecule has 0 aliphatic heterocycles. The number of carbonyl (C=O) groups is 2. The molecule has 0 atom stereocenters. The average Bonchev–Trinajstić information content (AvgIpc) is 2.66. The lowest BCUT2D eigenvalue weighted by Crippen LogP contribution is -2.33. The van der Waals surface area contributed by atoms with Gasteiger partial charge in [-0.05, 0) is 44.2 Å². The molecular weight excluding hydrogens is 348 g/mol. The SMILES string of the molecule is COc1ccc(C(=O)NCC(=O)Nc2ccccc2OC(C)C)cc1OC. The number of nitrogens with one attached hydrogen (secondary N) is 2. The summed E-state index contributed by atoms with van der Waals surface area (Å²) in [7, 11) is 3.01. The summed E-state index contributed by atoms with van der Waals surface area (Å²) >= 11 is 0. The highest BCUT2D eigenvalue weighted by Gasteiger charge is 2.13. The van der Waals surface area contributed by atoms with Gasteiger partial charge in [0.25, 0.3) is 5.91 Å². The van der Waals surface area contributed by atoms with Crippen LogP contribution in [0.25, 0.3) is 0 Å². The summed E-state index contributed by atoms with van der Waals surface area (Å²) in [4.78, 5) is 24.5. The number of carbonyl (C=O) groups excluding carboxylic acids is 2. The predicted molar refractivity (Wildman–Crippen MR) is 103 cm³/mol. The Bertz CT molecular complexity index is 805. The van der Waals surface area contributed by atoms with Gasteiger partial charge in [0.05, 0.1) is 32.6 Å². The second kappa shape index (κ2) is 9.47. The van der Waals surface area contributed by atoms with Gasteiger partial charge in [-0.1, -0.05) is 12.1 Å². The lowest BCUT2D eigenvalue weighted by Gasteiger charge is -2.15. The summed E-state index contributed by atoms with van der Waals surface area (Å²) in [5.74, 6) is 0.788. The van der Waals surface area contributed by atoms with Gasteiger partial charge in [-0.3, -0.25) is 9.59 Å². The van der Waals surface area contributed by atoms with Crippen LogP contribution < -0.4 is 24.8 Å². The van der Waals surface area contributed by atoms with Crippen molar-refractivity contribution >= 4 is 17.5 Å². The van der Waals surface area contributed by atoms with Crippen LogP contribution in [0.1, 0.15) is 24.2 Å². The van der Waals surface area contributed by atoms with Crippen molar-refractivity contribution in [2.24, 2.45) is 0 Å². The van der Waals surface area contributed by atoms with Crippen LogP contribution in [-0.4, -0.2) is 38.7 Å². The van der Waals surface area contributed by atoms with Gasteiger partial charge in [-0.25, -0.2) is 0 Å². The first-order chi connectivity index (χ1) is 12.9. The van der Waals surface area contributed by atoms with Crippen molar-refractivity contribution in [3.63, 3.8) is 0 Å². The van der Waals surface area contributed by atoms with Crippen LogP contribution in [0, 0.1) is 0 Å². The maximum Gasteiger partial charge on any atom is 0.251 e. The van der Waals surface area contributed by atoms with E-state index in [2.05, 4.69) is 10.6 Å². The number of amides is 2. The number of ether oxygens (including phenoxy) is 3. The maximum atomic E-state index is 12.3. The van der Waals surface area contributed by atoms with Crippen LogP contribution in [0.5, 0.6) is 17.2 Å². The van der Waals surface area contributed by atoms with Gasteiger partial charge in [-0.15, -0.1) is 0 Å². The molecule has 0 spiro atoms. The lowest BCUT2D eigenvalue weighted by molar-refractivity contribution is -0.115. The smallest absolute Gasteiger partial charge is 0.251 e. The van der Waals surface area contributed by atoms with Crippen LogP contribution in [0.4, 0.5) is 5.69 Å². The van der Waals surface area contributed by atoms with Gasteiger partial charge in [0, 0.05) is 5.56 Å². The molecule has 0 fully saturated rings. The van der Waals surface area contributed by atoms with Crippen molar-refractivity contribution < 1.29 is 23.8 Å². The topological polar surface area (TPSA) is 85.9 Å². The minimum absolute atomic E-state index is 0.0205. The van der Waals surface area contributed by atoms with Crippen molar-refractivity contribution in [1.29, 1.82) is 0 Å². The van der Waals surface area contributed by atoms with Gasteiger partial charge in [0.15, 0.2) is 11.5 Å². The molecule has 7 nitrogen and oxygen atoms in total. The zero-order chi connectivity index (χ0) is 19.8. The zero-order valence-electron chi connectivity index (χ0n) is 15.9. The van der Waals surface area contributed by atoms with Gasteiger partial charge in [-0.2, -0.15) is 0 Å². The van der Waals surface area contributed by atoms with E-state index in [1.165, 1.54) is 14.2 Å². The first-order valence-electron chi connectivity index (χ1n) is 8.50. The van der Waals surface area contributed by atoms with Gasteiger partial charge in [0.1, 0.15) is 5.75 Å². The number of hydrogen-bond acceptors (Lipinski definition) is 5. The van der Waals surface area contributed by atoms with Crippen molar-refractivity contribution in [1.82, 2.24) is 5.32 Å². The lowest BCUT2D eigenvalue weighted by atomic mass is 10.2. The second-order valence-electron chi connectivity index (χ2n) is 5.96. The maximum absolute atomic E-state index is 12.3. The summed E-state index contributed by atoms with van der Waals surface area (Å²) in [6.45, 7) is 3.63. The molecule has 27 heavy (non-hydrogen) atoms. The Morgan fingerprint density at radius 3 is 2.33 bits per heavy atom. The van der Waals surface area contributed by atoms with Gasteiger partial charge in [0.2, 0.25) is 5.91 Å². The highest BCUT2D eigenvalue weighted by molar-refractivity contribution is 6.00. The van der Waals surface area contributed by atoms with E-state index in [0.29, 0.717) is 28.5 Å². The van der Waals surface area contributed by atoms with Crippen molar-refractivity contribution in [2.75, 3.05) is 26.1 Å². The number of methoxy groups -OCH3 is 2. The van der Waals surface area contributed by atoms with E-state index in [0.717, 1.165) is 0 Å². The minimum Gasteiger partial charge on any atom is -0.493 e. The minimum atomic E-state index is -0.391. The zero-order valence-corrected chi connectivity index (χ0v) is 15.9. The van der Waals surface area contributed by atoms with Crippen molar-refractivity contribution in [3.05, 3.63) is 48.0 Å². The number of para-hydroxylation sites is 2. The molecule has 0 aromatic heterocycles. The molecule has 0 aliphatic rings. The Morgan fingerprint density at radius 1 is 0.963 bits per heavy atom. The monoisotopic (exact) mass is 372 g/mol. The average molecular weight is 372 g/mol. The molecule has 144 valence electrons. The highest BCUT2D eigenvalue weighted by Crippen LogP contribution is 2.27. The summed E-state index contributed by atoms with van der Waals surface area (Å²) in [5.41, 5.74) is 0.917. The van der Waals surface area contributed by atoms with Gasteiger partial charge >= 0.3 is 0 Å². The number of anilines is 1. The molecule has 0 radical (unpaired) electrons. The summed E-state index contributed by atoms with van der Waals surface area (Å²) < 4.78 is 16.0. The number of benzene rings is 2. The fraction of sp³-hybridized carbons (Fsp3) is 0.300. The van der Waals surface area contributed by atoms with Gasteiger partial charge < -0.3 is 24.8 Å². The molecular formula is C20H24N2O5. The molecule has 0 saturated carbocycles. The van der Waals surface area contributed by atoms with E-state index in [9.17, 15) is 9.59 Å². The third-order valence-electron chi connectivity index (χ3n) is 3.58. The molecule has 0 heterocycles. The third-order valence-corrected chi connectivity index (χ3v) is 3.58. The van der Waals surface area contributed by atoms with Crippen LogP contribution in [0.3, 0.4) is 0 Å². The Hall–Kier alpha value is -3.22. The van der Waals surface area contributed by atoms with Crippen LogP contribution in [0.2, 0.25) is 0 Å². The Balaban J connectivity index is 1.97. The highest BCUT2D eigenvalue weighted by atomic mass is 16.5. The quantitative estimate of drug-likeness (QED) is 0.744. The largest absolute Gasteiger partial charge is 0.493 e. The Kier molecular flexibility index (Phi) is 7.05. The van der Waals surface area contributed by atoms with E-state index in [4.69, 9.17) is 14.2 Å². The summed E-state index contributed by atoms with van der Waals surface area (Å²) in [6, 6.07) is 11.9. The van der Waals surface area contributed by atoms with Crippen LogP contribution >= 0.6 is 0 Å². The molecule has 2 rings (SSSR count). The third kappa shape index (κ3) is 5.64. The summed E-state index contributed by atoms with van der Waals surface area (Å²) in [5, 5.41) is 5.32. The van der Waals surface area contributed by atoms with E-state index >= 15 is 0 Å². The molecule has 2 amide bonds. The van der Waals surface area contributed by atoms with Crippen molar-refractivity contribution in [3.8, 4) is 17.2 Å². The molecule has 0 saturated heterocycles. The standard InChI is InChI=1S/C20H24N2O5/c1-13(2)27-16-8-6-5-7-15(16)22-19(23)12-21-20(24)14-9-10-17(25-3)18(11-14)26-4/h5-11,13H,12H2,1-4H3,(H,21,24)(H,22,23). The van der Waals surface area contributed by atoms with Crippen LogP contribution in [-0.2, 0) is 4.79 Å². The van der Waals surface area contributed by atoms with Crippen molar-refractivity contribution in [2.45, 2.75) is 20.0 Å². The first kappa shape index (κ1) is 20.1. The van der Waals surface area contributed by atoms with E-state index < -0.39 is 5.91 Å². The van der Waals surface area contributed by atoms with E-state index in [-0.39, 0.29) is 18.6 Å². The molecule has 0 bridgehead atoms. The van der Waals surface area contributed by atoms with Crippen LogP contribution in [0.15, 0.2) is 42.5 Å². The molecule has 7 heteroatoms. The molecule has 0 aliphatic carbocycles. The Labute approximate surface area is 158 Å². The Morgan fingerprint density at radius 2 is 1.67 bits per heavy atom. The number of hydrogen-bond donors (Lipinski definition) is 2. The first-order valence-corrected chi connectivity index (χ1v) is 8.50. The number of rotatable bonds is 8. The fourth-order valence-electron chi connectivity index (χ4n) is 2.36. The molecule has 0 unspecified atom stereocenters. The van der Waals surface area contributed by atoms with E-state index in [1.54, 1.807) is 36.4 Å².